The van der Waals surface area contributed by atoms with Gasteiger partial charge in [0.25, 0.3) is 0 Å². The minimum Gasteiger partial charge on any atom is -1.00 e. The van der Waals surface area contributed by atoms with Crippen molar-refractivity contribution in [2.45, 2.75) is 0 Å². The summed E-state index contributed by atoms with van der Waals surface area (Å²) in [5.41, 5.74) is 0. The Bertz CT molecular complexity index is 104. The van der Waals surface area contributed by atoms with Crippen LogP contribution in [0.4, 0.5) is 0 Å². The molecule has 0 rings (SSSR count). The van der Waals surface area contributed by atoms with Gasteiger partial charge in [0, 0.05) is 30.4 Å². The molecule has 0 aromatic heterocycles. The first-order valence-electron chi connectivity index (χ1n) is 0.698. The second-order valence-electron chi connectivity index (χ2n) is 0.448. The first-order valence-corrected chi connectivity index (χ1v) is 2.10. The van der Waals surface area contributed by atoms with E-state index in [0.29, 0.717) is 0 Å². The molecule has 4 nitrogen and oxygen atoms in total. The van der Waals surface area contributed by atoms with Crippen molar-refractivity contribution in [2.24, 2.45) is 0 Å². The summed E-state index contributed by atoms with van der Waals surface area (Å²) in [6.45, 7) is 0. The maximum atomic E-state index is 8.74. The van der Waals surface area contributed by atoms with Gasteiger partial charge in [0.05, 0.1) is 0 Å². The minimum atomic E-state index is -4.67. The zero-order valence-corrected chi connectivity index (χ0v) is 9.11. The Balaban J connectivity index is -0.0000000133. The molecule has 0 spiro atoms. The molecular weight excluding hydrogens is 196 g/mol. The fraction of sp³-hybridized carbons (Fsp3) is 0. The van der Waals surface area contributed by atoms with Gasteiger partial charge in [-0.25, -0.2) is 0 Å². The molecule has 40 valence electrons. The maximum absolute atomic E-state index is 8.74. The molecular formula is H3LiO4SSiZn. The van der Waals surface area contributed by atoms with Gasteiger partial charge in [0.1, 0.15) is 0 Å². The number of hydrogen-bond acceptors (Lipinski definition) is 2. The van der Waals surface area contributed by atoms with Crippen LogP contribution in [0.2, 0.25) is 0 Å². The quantitative estimate of drug-likeness (QED) is 0.309. The van der Waals surface area contributed by atoms with Gasteiger partial charge in [0.15, 0.2) is 0 Å². The first-order chi connectivity index (χ1) is 2.00. The summed E-state index contributed by atoms with van der Waals surface area (Å²) < 4.78 is 31.6. The Morgan fingerprint density at radius 3 is 1.25 bits per heavy atom. The second-order valence-corrected chi connectivity index (χ2v) is 1.34. The zero-order valence-electron chi connectivity index (χ0n) is 5.33. The molecule has 0 heterocycles. The Morgan fingerprint density at radius 1 is 1.25 bits per heavy atom. The van der Waals surface area contributed by atoms with E-state index in [1.165, 1.54) is 0 Å². The van der Waals surface area contributed by atoms with Crippen LogP contribution in [0.1, 0.15) is 1.43 Å². The Morgan fingerprint density at radius 2 is 1.25 bits per heavy atom. The SMILES string of the molecule is O=S(=O)(O)O.[H-].[Li+].[Si].[Zn]. The van der Waals surface area contributed by atoms with Crippen molar-refractivity contribution < 1.29 is 57.3 Å². The van der Waals surface area contributed by atoms with E-state index in [1.54, 1.807) is 0 Å². The monoisotopic (exact) mass is 198 g/mol. The van der Waals surface area contributed by atoms with E-state index in [-0.39, 0.29) is 50.7 Å². The fourth-order valence-corrected chi connectivity index (χ4v) is 0. The van der Waals surface area contributed by atoms with Crippen LogP contribution in [0.15, 0.2) is 0 Å². The van der Waals surface area contributed by atoms with E-state index in [9.17, 15) is 0 Å². The molecule has 0 aliphatic carbocycles. The van der Waals surface area contributed by atoms with Crippen molar-refractivity contribution in [2.75, 3.05) is 0 Å². The third-order valence-electron chi connectivity index (χ3n) is 0. The maximum Gasteiger partial charge on any atom is 1.00 e. The van der Waals surface area contributed by atoms with Crippen molar-refractivity contribution >= 4 is 21.4 Å². The van der Waals surface area contributed by atoms with Crippen LogP contribution in [0.3, 0.4) is 0 Å². The molecule has 0 aliphatic rings. The Labute approximate surface area is 78.4 Å². The van der Waals surface area contributed by atoms with Crippen molar-refractivity contribution in [3.05, 3.63) is 0 Å². The predicted molar refractivity (Wildman–Crippen MR) is 21.0 cm³/mol. The van der Waals surface area contributed by atoms with E-state index < -0.39 is 10.4 Å². The molecule has 0 atom stereocenters. The summed E-state index contributed by atoms with van der Waals surface area (Å²) in [6, 6.07) is 0. The largest absolute Gasteiger partial charge is 1.00 e. The Kier molecular flexibility index (Phi) is 23.7. The topological polar surface area (TPSA) is 74.6 Å². The number of rotatable bonds is 0. The predicted octanol–water partition coefficient (Wildman–Crippen LogP) is -3.92. The van der Waals surface area contributed by atoms with Gasteiger partial charge in [-0.2, -0.15) is 8.42 Å². The van der Waals surface area contributed by atoms with Gasteiger partial charge in [-0.15, -0.1) is 0 Å². The van der Waals surface area contributed by atoms with Crippen LogP contribution in [-0.2, 0) is 29.9 Å². The zero-order chi connectivity index (χ0) is 4.50. The van der Waals surface area contributed by atoms with E-state index >= 15 is 0 Å². The van der Waals surface area contributed by atoms with Gasteiger partial charge in [-0.3, -0.25) is 9.11 Å². The van der Waals surface area contributed by atoms with E-state index in [0.717, 1.165) is 0 Å². The minimum absolute atomic E-state index is 0. The van der Waals surface area contributed by atoms with Crippen molar-refractivity contribution in [1.82, 2.24) is 0 Å². The summed E-state index contributed by atoms with van der Waals surface area (Å²) in [4.78, 5) is 0. The molecule has 8 heteroatoms. The van der Waals surface area contributed by atoms with E-state index in [2.05, 4.69) is 0 Å². The van der Waals surface area contributed by atoms with Gasteiger partial charge < -0.3 is 1.43 Å². The molecule has 0 amide bonds. The Hall–Kier alpha value is 1.31. The van der Waals surface area contributed by atoms with Crippen LogP contribution in [0.5, 0.6) is 0 Å². The van der Waals surface area contributed by atoms with Gasteiger partial charge in [-0.05, 0) is 0 Å². The van der Waals surface area contributed by atoms with Crippen LogP contribution in [-0.4, -0.2) is 28.5 Å². The average molecular weight is 200 g/mol. The van der Waals surface area contributed by atoms with Crippen molar-refractivity contribution in [1.29, 1.82) is 0 Å². The molecule has 0 fully saturated rings. The molecule has 0 aliphatic heterocycles. The normalized spacial score (nSPS) is 7.25. The van der Waals surface area contributed by atoms with Crippen molar-refractivity contribution in [3.8, 4) is 0 Å². The van der Waals surface area contributed by atoms with Gasteiger partial charge in [0.2, 0.25) is 0 Å². The molecule has 0 saturated carbocycles. The number of hydrogen-bond donors (Lipinski definition) is 2. The summed E-state index contributed by atoms with van der Waals surface area (Å²) in [5, 5.41) is 0. The summed E-state index contributed by atoms with van der Waals surface area (Å²) in [5.74, 6) is 0. The third-order valence-corrected chi connectivity index (χ3v) is 0. The van der Waals surface area contributed by atoms with Crippen LogP contribution in [0, 0.1) is 0 Å². The molecule has 4 radical (unpaired) electrons. The second kappa shape index (κ2) is 8.31. The summed E-state index contributed by atoms with van der Waals surface area (Å²) in [7, 11) is -4.67. The average Bonchev–Trinajstić information content (AvgIpc) is 0.722. The summed E-state index contributed by atoms with van der Waals surface area (Å²) in [6.07, 6.45) is 0. The first kappa shape index (κ1) is 22.8. The van der Waals surface area contributed by atoms with Gasteiger partial charge >= 0.3 is 29.3 Å². The van der Waals surface area contributed by atoms with E-state index in [1.807, 2.05) is 0 Å². The molecule has 0 aromatic rings. The molecule has 0 unspecified atom stereocenters. The molecule has 2 N–H and O–H groups in total. The molecule has 0 saturated heterocycles. The van der Waals surface area contributed by atoms with Crippen molar-refractivity contribution in [3.63, 3.8) is 0 Å². The molecule has 0 bridgehead atoms. The summed E-state index contributed by atoms with van der Waals surface area (Å²) >= 11 is 0. The third kappa shape index (κ3) is 170. The van der Waals surface area contributed by atoms with E-state index in [4.69, 9.17) is 17.5 Å². The molecule has 0 aromatic carbocycles. The van der Waals surface area contributed by atoms with Crippen LogP contribution in [0.25, 0.3) is 0 Å². The molecule has 8 heavy (non-hydrogen) atoms. The van der Waals surface area contributed by atoms with Crippen LogP contribution >= 0.6 is 0 Å². The van der Waals surface area contributed by atoms with Gasteiger partial charge in [-0.1, -0.05) is 0 Å². The standard InChI is InChI=1S/Li.H2O4S.Si.Zn.H/c;1-5(2,3)4;;;/h;(H2,1,2,3,4);;;/q+1;;;;-1. The smallest absolute Gasteiger partial charge is 1.00 e. The fourth-order valence-electron chi connectivity index (χ4n) is 0. The van der Waals surface area contributed by atoms with Crippen LogP contribution < -0.4 is 18.9 Å².